The van der Waals surface area contributed by atoms with Crippen LogP contribution in [0.3, 0.4) is 0 Å². The topological polar surface area (TPSA) is 64.6 Å². The molecule has 2 aromatic carbocycles. The molecule has 0 saturated heterocycles. The largest absolute Gasteiger partial charge is 0.495 e. The lowest BCUT2D eigenvalue weighted by Crippen LogP contribution is -2.30. The highest BCUT2D eigenvalue weighted by molar-refractivity contribution is 7.98. The normalized spacial score (nSPS) is 11.6. The van der Waals surface area contributed by atoms with E-state index in [0.717, 1.165) is 10.5 Å². The first-order chi connectivity index (χ1) is 12.3. The SMILES string of the molecule is COc1ccc(C)cc1NC(=O)C(C)OC(=O)c1cc(SC)ccc1Cl. The average molecular weight is 394 g/mol. The summed E-state index contributed by atoms with van der Waals surface area (Å²) in [5.41, 5.74) is 1.71. The van der Waals surface area contributed by atoms with Gasteiger partial charge in [-0.2, -0.15) is 0 Å². The molecule has 2 rings (SSSR count). The van der Waals surface area contributed by atoms with Crippen LogP contribution in [0.2, 0.25) is 5.02 Å². The van der Waals surface area contributed by atoms with Gasteiger partial charge in [0.1, 0.15) is 5.75 Å². The van der Waals surface area contributed by atoms with Crippen LogP contribution in [0.25, 0.3) is 0 Å². The summed E-state index contributed by atoms with van der Waals surface area (Å²) in [5, 5.41) is 3.00. The number of benzene rings is 2. The molecule has 0 aliphatic carbocycles. The molecule has 1 N–H and O–H groups in total. The fourth-order valence-corrected chi connectivity index (χ4v) is 2.85. The van der Waals surface area contributed by atoms with Crippen LogP contribution in [0.4, 0.5) is 5.69 Å². The predicted molar refractivity (Wildman–Crippen MR) is 104 cm³/mol. The number of ether oxygens (including phenoxy) is 2. The number of hydrogen-bond donors (Lipinski definition) is 1. The molecule has 0 aliphatic rings. The lowest BCUT2D eigenvalue weighted by atomic mass is 10.2. The maximum Gasteiger partial charge on any atom is 0.340 e. The molecule has 0 fully saturated rings. The van der Waals surface area contributed by atoms with Gasteiger partial charge in [-0.15, -0.1) is 11.8 Å². The summed E-state index contributed by atoms with van der Waals surface area (Å²) in [4.78, 5) is 25.6. The van der Waals surface area contributed by atoms with Crippen LogP contribution in [-0.2, 0) is 9.53 Å². The van der Waals surface area contributed by atoms with Crippen LogP contribution in [0, 0.1) is 6.92 Å². The Bertz CT molecular complexity index is 825. The molecule has 138 valence electrons. The van der Waals surface area contributed by atoms with Crippen molar-refractivity contribution >= 4 is 40.9 Å². The molecule has 0 saturated carbocycles. The monoisotopic (exact) mass is 393 g/mol. The van der Waals surface area contributed by atoms with Crippen molar-refractivity contribution in [3.8, 4) is 5.75 Å². The van der Waals surface area contributed by atoms with Gasteiger partial charge >= 0.3 is 5.97 Å². The number of nitrogens with one attached hydrogen (secondary N) is 1. The summed E-state index contributed by atoms with van der Waals surface area (Å²) in [7, 11) is 1.52. The highest BCUT2D eigenvalue weighted by atomic mass is 35.5. The number of hydrogen-bond acceptors (Lipinski definition) is 5. The number of anilines is 1. The summed E-state index contributed by atoms with van der Waals surface area (Å²) in [6.07, 6.45) is 0.894. The number of methoxy groups -OCH3 is 1. The number of amides is 1. The number of carbonyl (C=O) groups excluding carboxylic acids is 2. The van der Waals surface area contributed by atoms with E-state index >= 15 is 0 Å². The van der Waals surface area contributed by atoms with Crippen molar-refractivity contribution in [3.63, 3.8) is 0 Å². The van der Waals surface area contributed by atoms with Crippen molar-refractivity contribution in [1.82, 2.24) is 0 Å². The summed E-state index contributed by atoms with van der Waals surface area (Å²) >= 11 is 7.55. The quantitative estimate of drug-likeness (QED) is 0.575. The molecular weight excluding hydrogens is 374 g/mol. The Morgan fingerprint density at radius 1 is 1.19 bits per heavy atom. The Kier molecular flexibility index (Phi) is 6.94. The second kappa shape index (κ2) is 8.96. The number of aryl methyl sites for hydroxylation is 1. The van der Waals surface area contributed by atoms with Crippen LogP contribution in [0.1, 0.15) is 22.8 Å². The van der Waals surface area contributed by atoms with E-state index in [0.29, 0.717) is 11.4 Å². The number of rotatable bonds is 6. The Labute approximate surface area is 162 Å². The number of esters is 1. The number of thioether (sulfide) groups is 1. The average Bonchev–Trinajstić information content (AvgIpc) is 2.62. The standard InChI is InChI=1S/C19H20ClNO4S/c1-11-5-8-17(24-3)16(9-11)21-18(22)12(2)25-19(23)14-10-13(26-4)6-7-15(14)20/h5-10,12H,1-4H3,(H,21,22). The molecule has 0 heterocycles. The maximum atomic E-state index is 12.4. The van der Waals surface area contributed by atoms with Crippen molar-refractivity contribution in [2.45, 2.75) is 24.8 Å². The van der Waals surface area contributed by atoms with E-state index in [1.165, 1.54) is 25.8 Å². The first-order valence-corrected chi connectivity index (χ1v) is 9.46. The van der Waals surface area contributed by atoms with Gasteiger partial charge in [-0.1, -0.05) is 17.7 Å². The van der Waals surface area contributed by atoms with Gasteiger partial charge in [-0.05, 0) is 56.0 Å². The first-order valence-electron chi connectivity index (χ1n) is 7.85. The fourth-order valence-electron chi connectivity index (χ4n) is 2.22. The maximum absolute atomic E-state index is 12.4. The van der Waals surface area contributed by atoms with Crippen LogP contribution >= 0.6 is 23.4 Å². The fraction of sp³-hybridized carbons (Fsp3) is 0.263. The van der Waals surface area contributed by atoms with Crippen molar-refractivity contribution in [3.05, 3.63) is 52.5 Å². The van der Waals surface area contributed by atoms with E-state index in [2.05, 4.69) is 5.32 Å². The summed E-state index contributed by atoms with van der Waals surface area (Å²) in [5.74, 6) is -0.581. The van der Waals surface area contributed by atoms with E-state index in [4.69, 9.17) is 21.1 Å². The highest BCUT2D eigenvalue weighted by Gasteiger charge is 2.22. The highest BCUT2D eigenvalue weighted by Crippen LogP contribution is 2.26. The van der Waals surface area contributed by atoms with Crippen LogP contribution < -0.4 is 10.1 Å². The molecular formula is C19H20ClNO4S. The van der Waals surface area contributed by atoms with Crippen LogP contribution in [0.15, 0.2) is 41.3 Å². The molecule has 1 amide bonds. The zero-order chi connectivity index (χ0) is 19.3. The lowest BCUT2D eigenvalue weighted by molar-refractivity contribution is -0.123. The van der Waals surface area contributed by atoms with Crippen molar-refractivity contribution in [2.24, 2.45) is 0 Å². The van der Waals surface area contributed by atoms with Crippen molar-refractivity contribution in [2.75, 3.05) is 18.7 Å². The van der Waals surface area contributed by atoms with Gasteiger partial charge in [0.05, 0.1) is 23.4 Å². The van der Waals surface area contributed by atoms with Crippen molar-refractivity contribution in [1.29, 1.82) is 0 Å². The minimum atomic E-state index is -0.998. The summed E-state index contributed by atoms with van der Waals surface area (Å²) < 4.78 is 10.5. The minimum Gasteiger partial charge on any atom is -0.495 e. The molecule has 0 aromatic heterocycles. The van der Waals surface area contributed by atoms with Gasteiger partial charge in [0.15, 0.2) is 6.10 Å². The third-order valence-electron chi connectivity index (χ3n) is 3.66. The lowest BCUT2D eigenvalue weighted by Gasteiger charge is -2.16. The Morgan fingerprint density at radius 2 is 1.92 bits per heavy atom. The van der Waals surface area contributed by atoms with E-state index < -0.39 is 18.0 Å². The zero-order valence-corrected chi connectivity index (χ0v) is 16.5. The smallest absolute Gasteiger partial charge is 0.340 e. The van der Waals surface area contributed by atoms with Gasteiger partial charge in [0.25, 0.3) is 5.91 Å². The molecule has 7 heteroatoms. The van der Waals surface area contributed by atoms with Crippen molar-refractivity contribution < 1.29 is 19.1 Å². The zero-order valence-electron chi connectivity index (χ0n) is 15.0. The summed E-state index contributed by atoms with van der Waals surface area (Å²) in [6, 6.07) is 10.5. The summed E-state index contributed by atoms with van der Waals surface area (Å²) in [6.45, 7) is 3.40. The minimum absolute atomic E-state index is 0.228. The van der Waals surface area contributed by atoms with Gasteiger partial charge in [0, 0.05) is 4.90 Å². The third kappa shape index (κ3) is 4.93. The van der Waals surface area contributed by atoms with Crippen LogP contribution in [0.5, 0.6) is 5.75 Å². The first kappa shape index (κ1) is 20.1. The molecule has 1 unspecified atom stereocenters. The Balaban J connectivity index is 2.10. The molecule has 0 radical (unpaired) electrons. The van der Waals surface area contributed by atoms with E-state index in [-0.39, 0.29) is 10.6 Å². The second-order valence-electron chi connectivity index (χ2n) is 5.59. The molecule has 5 nitrogen and oxygen atoms in total. The predicted octanol–water partition coefficient (Wildman–Crippen LogP) is 4.56. The number of halogens is 1. The number of carbonyl (C=O) groups is 2. The second-order valence-corrected chi connectivity index (χ2v) is 6.87. The van der Waals surface area contributed by atoms with E-state index in [9.17, 15) is 9.59 Å². The Hall–Kier alpha value is -2.18. The van der Waals surface area contributed by atoms with Gasteiger partial charge < -0.3 is 14.8 Å². The molecule has 0 bridgehead atoms. The van der Waals surface area contributed by atoms with Gasteiger partial charge in [-0.25, -0.2) is 4.79 Å². The molecule has 0 spiro atoms. The third-order valence-corrected chi connectivity index (χ3v) is 4.71. The van der Waals surface area contributed by atoms with Gasteiger partial charge in [0.2, 0.25) is 0 Å². The van der Waals surface area contributed by atoms with E-state index in [1.54, 1.807) is 24.3 Å². The molecule has 2 aromatic rings. The van der Waals surface area contributed by atoms with E-state index in [1.807, 2.05) is 25.3 Å². The molecule has 0 aliphatic heterocycles. The molecule has 26 heavy (non-hydrogen) atoms. The van der Waals surface area contributed by atoms with Gasteiger partial charge in [-0.3, -0.25) is 4.79 Å². The Morgan fingerprint density at radius 3 is 2.58 bits per heavy atom. The molecule has 1 atom stereocenters. The van der Waals surface area contributed by atoms with Crippen LogP contribution in [-0.4, -0.2) is 31.3 Å².